The molecule has 1 fully saturated rings. The molecule has 0 radical (unpaired) electrons. The maximum atomic E-state index is 12.4. The molecule has 0 spiro atoms. The summed E-state index contributed by atoms with van der Waals surface area (Å²) in [5, 5.41) is 8.93. The van der Waals surface area contributed by atoms with Crippen LogP contribution in [0.2, 0.25) is 0 Å². The Hall–Kier alpha value is -2.20. The number of phosphoric ester groups is 1. The number of H-pyrrole nitrogens is 1. The van der Waals surface area contributed by atoms with Gasteiger partial charge in [-0.05, 0) is 32.6 Å². The first kappa shape index (κ1) is 55.8. The Kier molecular flexibility index (Phi) is 31.0. The smallest absolute Gasteiger partial charge is 0.462 e. The first-order chi connectivity index (χ1) is 28.6. The van der Waals surface area contributed by atoms with Gasteiger partial charge in [-0.2, -0.15) is 4.31 Å². The summed E-state index contributed by atoms with van der Waals surface area (Å²) >= 11 is 0. The van der Waals surface area contributed by atoms with Crippen molar-refractivity contribution in [1.82, 2.24) is 9.55 Å². The summed E-state index contributed by atoms with van der Waals surface area (Å²) in [6.45, 7) is 4.83. The fraction of sp³-hybridized carbons (Fsp3) is 0.854. The summed E-state index contributed by atoms with van der Waals surface area (Å²) in [5.41, 5.74) is -0.382. The largest absolute Gasteiger partial charge is 0.481 e. The molecule has 1 aliphatic rings. The van der Waals surface area contributed by atoms with E-state index >= 15 is 0 Å². The monoisotopic (exact) mass is 898 g/mol. The number of aromatic amines is 1. The van der Waals surface area contributed by atoms with Crippen LogP contribution in [0.25, 0.3) is 0 Å². The summed E-state index contributed by atoms with van der Waals surface area (Å²) < 4.78 is 48.5. The first-order valence-corrected chi connectivity index (χ1v) is 25.3. The SMILES string of the molecule is CCCCCCCCCCCCCC(=O)OCC(COP(=O)(O)OP(=O)(O)O)OC(=O)CCCCCCCCCCCCC.Cc1cn([C@H]2CC[C@@H](CO)O2)c(=O)[nH]c1=O. The predicted molar refractivity (Wildman–Crippen MR) is 228 cm³/mol. The summed E-state index contributed by atoms with van der Waals surface area (Å²) in [5.74, 6) is -1.08. The highest BCUT2D eigenvalue weighted by Gasteiger charge is 2.34. The molecule has 2 rings (SSSR count). The number of nitrogens with zero attached hydrogens (tertiary/aromatic N) is 1. The molecule has 0 bridgehead atoms. The lowest BCUT2D eigenvalue weighted by atomic mass is 10.1. The zero-order valence-electron chi connectivity index (χ0n) is 36.4. The van der Waals surface area contributed by atoms with Gasteiger partial charge in [-0.25, -0.2) is 13.9 Å². The standard InChI is InChI=1S/C31H62O11P2.C10H14N2O4/c1-3-5-7-9-11-13-15-17-19-21-23-25-30(32)39-27-29(28-40-44(37,38)42-43(34,35)36)41-31(33)26-24-22-20-18-16-14-12-10-8-6-4-2;1-6-4-12(10(15)11-9(6)14)8-3-2-7(5-13)16-8/h29H,3-28H2,1-2H3,(H,37,38)(H2,34,35,36);4,7-8,13H,2-3,5H2,1H3,(H,11,14,15)/t;7-,8+/m.0/s1. The Morgan fingerprint density at radius 2 is 1.22 bits per heavy atom. The van der Waals surface area contributed by atoms with Crippen LogP contribution in [0.4, 0.5) is 0 Å². The lowest BCUT2D eigenvalue weighted by Gasteiger charge is -2.20. The number of phosphoric acid groups is 2. The molecule has 1 saturated heterocycles. The lowest BCUT2D eigenvalue weighted by Crippen LogP contribution is -2.33. The highest BCUT2D eigenvalue weighted by molar-refractivity contribution is 7.60. The van der Waals surface area contributed by atoms with Crippen molar-refractivity contribution in [3.63, 3.8) is 0 Å². The molecule has 19 heteroatoms. The van der Waals surface area contributed by atoms with Crippen molar-refractivity contribution in [3.05, 3.63) is 32.6 Å². The van der Waals surface area contributed by atoms with Crippen molar-refractivity contribution in [2.75, 3.05) is 19.8 Å². The van der Waals surface area contributed by atoms with Gasteiger partial charge in [0.2, 0.25) is 0 Å². The molecule has 2 unspecified atom stereocenters. The van der Waals surface area contributed by atoms with Gasteiger partial charge in [0.1, 0.15) is 12.8 Å². The van der Waals surface area contributed by atoms with E-state index in [0.717, 1.165) is 38.5 Å². The molecule has 4 atom stereocenters. The number of hydrogen-bond donors (Lipinski definition) is 5. The van der Waals surface area contributed by atoms with Crippen LogP contribution >= 0.6 is 15.6 Å². The molecule has 0 aromatic carbocycles. The van der Waals surface area contributed by atoms with Gasteiger partial charge in [-0.1, -0.05) is 142 Å². The van der Waals surface area contributed by atoms with Crippen LogP contribution in [0.3, 0.4) is 0 Å². The Balaban J connectivity index is 0.000000922. The number of aromatic nitrogens is 2. The highest BCUT2D eigenvalue weighted by atomic mass is 31.3. The van der Waals surface area contributed by atoms with Crippen molar-refractivity contribution in [1.29, 1.82) is 0 Å². The molecular formula is C41H76N2O15P2. The first-order valence-electron chi connectivity index (χ1n) is 22.3. The van der Waals surface area contributed by atoms with Gasteiger partial charge >= 0.3 is 33.3 Å². The van der Waals surface area contributed by atoms with Gasteiger partial charge in [0.15, 0.2) is 6.10 Å². The molecule has 1 aliphatic heterocycles. The minimum Gasteiger partial charge on any atom is -0.462 e. The van der Waals surface area contributed by atoms with Crippen LogP contribution in [0.5, 0.6) is 0 Å². The van der Waals surface area contributed by atoms with Gasteiger partial charge in [0.25, 0.3) is 5.56 Å². The number of ether oxygens (including phenoxy) is 3. The van der Waals surface area contributed by atoms with E-state index in [1.807, 2.05) is 0 Å². The van der Waals surface area contributed by atoms with Crippen molar-refractivity contribution in [2.45, 2.75) is 206 Å². The van der Waals surface area contributed by atoms with Crippen molar-refractivity contribution < 1.29 is 61.6 Å². The maximum Gasteiger partial charge on any atom is 0.481 e. The highest BCUT2D eigenvalue weighted by Crippen LogP contribution is 2.57. The molecule has 1 aromatic heterocycles. The van der Waals surface area contributed by atoms with E-state index < -0.39 is 52.6 Å². The molecule has 17 nitrogen and oxygen atoms in total. The summed E-state index contributed by atoms with van der Waals surface area (Å²) in [6.07, 6.45) is 26.4. The normalized spacial score (nSPS) is 16.8. The van der Waals surface area contributed by atoms with Crippen LogP contribution in [-0.4, -0.2) is 73.3 Å². The van der Waals surface area contributed by atoms with Crippen LogP contribution in [0.1, 0.15) is 193 Å². The van der Waals surface area contributed by atoms with Crippen LogP contribution in [-0.2, 0) is 41.8 Å². The average molecular weight is 899 g/mol. The van der Waals surface area contributed by atoms with Gasteiger partial charge in [-0.15, -0.1) is 0 Å². The number of aliphatic hydroxyl groups is 1. The van der Waals surface area contributed by atoms with Gasteiger partial charge in [-0.3, -0.25) is 28.5 Å². The molecule has 0 aliphatic carbocycles. The van der Waals surface area contributed by atoms with E-state index in [-0.39, 0.29) is 37.3 Å². The second-order valence-electron chi connectivity index (χ2n) is 15.7. The Bertz CT molecular complexity index is 1520. The van der Waals surface area contributed by atoms with E-state index in [1.54, 1.807) is 6.92 Å². The third-order valence-corrected chi connectivity index (χ3v) is 12.2. The number of rotatable bonds is 34. The van der Waals surface area contributed by atoms with Gasteiger partial charge < -0.3 is 34.0 Å². The summed E-state index contributed by atoms with van der Waals surface area (Å²) in [6, 6.07) is 0. The van der Waals surface area contributed by atoms with Gasteiger partial charge in [0.05, 0.1) is 19.3 Å². The fourth-order valence-electron chi connectivity index (χ4n) is 6.65. The topological polar surface area (TPSA) is 250 Å². The van der Waals surface area contributed by atoms with Crippen molar-refractivity contribution in [2.24, 2.45) is 0 Å². The number of unbranched alkanes of at least 4 members (excludes halogenated alkanes) is 20. The Morgan fingerprint density at radius 3 is 1.67 bits per heavy atom. The number of aryl methyl sites for hydroxylation is 1. The molecule has 0 saturated carbocycles. The van der Waals surface area contributed by atoms with Crippen LogP contribution < -0.4 is 11.2 Å². The zero-order valence-corrected chi connectivity index (χ0v) is 38.2. The van der Waals surface area contributed by atoms with Gasteiger partial charge in [0, 0.05) is 24.6 Å². The van der Waals surface area contributed by atoms with E-state index in [0.29, 0.717) is 31.2 Å². The van der Waals surface area contributed by atoms with Crippen LogP contribution in [0.15, 0.2) is 15.8 Å². The molecule has 2 heterocycles. The minimum absolute atomic E-state index is 0.0480. The zero-order chi connectivity index (χ0) is 44.7. The molecule has 1 aromatic rings. The Morgan fingerprint density at radius 1 is 0.750 bits per heavy atom. The number of aliphatic hydroxyl groups excluding tert-OH is 1. The lowest BCUT2D eigenvalue weighted by molar-refractivity contribution is -0.161. The quantitative estimate of drug-likeness (QED) is 0.0247. The van der Waals surface area contributed by atoms with Crippen molar-refractivity contribution in [3.8, 4) is 0 Å². The number of nitrogens with one attached hydrogen (secondary N) is 1. The Labute approximate surface area is 356 Å². The number of hydrogen-bond acceptors (Lipinski definition) is 12. The second kappa shape index (κ2) is 33.4. The third kappa shape index (κ3) is 29.2. The van der Waals surface area contributed by atoms with E-state index in [4.69, 9.17) is 29.1 Å². The minimum atomic E-state index is -5.30. The molecule has 5 N–H and O–H groups in total. The molecule has 0 amide bonds. The molecular weight excluding hydrogens is 822 g/mol. The predicted octanol–water partition coefficient (Wildman–Crippen LogP) is 8.58. The number of carbonyl (C=O) groups is 2. The summed E-state index contributed by atoms with van der Waals surface area (Å²) in [7, 11) is -10.4. The molecule has 60 heavy (non-hydrogen) atoms. The van der Waals surface area contributed by atoms with Crippen LogP contribution in [0, 0.1) is 6.92 Å². The maximum absolute atomic E-state index is 12.4. The van der Waals surface area contributed by atoms with E-state index in [1.165, 1.54) is 101 Å². The van der Waals surface area contributed by atoms with E-state index in [2.05, 4.69) is 27.7 Å². The fourth-order valence-corrected chi connectivity index (χ4v) is 8.27. The number of esters is 2. The van der Waals surface area contributed by atoms with Crippen molar-refractivity contribution >= 4 is 27.6 Å². The third-order valence-electron chi connectivity index (χ3n) is 10.1. The molecule has 350 valence electrons. The van der Waals surface area contributed by atoms with E-state index in [9.17, 15) is 33.2 Å². The average Bonchev–Trinajstić information content (AvgIpc) is 3.67. The second-order valence-corrected chi connectivity index (χ2v) is 18.5. The summed E-state index contributed by atoms with van der Waals surface area (Å²) in [4.78, 5) is 76.7. The number of carbonyl (C=O) groups excluding carboxylic acids is 2.